The maximum absolute atomic E-state index is 12.2. The highest BCUT2D eigenvalue weighted by Crippen LogP contribution is 2.16. The van der Waals surface area contributed by atoms with Gasteiger partial charge in [-0.3, -0.25) is 10.8 Å². The summed E-state index contributed by atoms with van der Waals surface area (Å²) in [6.07, 6.45) is -7.93. The molecule has 2 aromatic rings. The molecule has 230 valence electrons. The zero-order valence-corrected chi connectivity index (χ0v) is 21.6. The summed E-state index contributed by atoms with van der Waals surface area (Å²) in [4.78, 5) is 32.0. The molecule has 11 nitrogen and oxygen atoms in total. The van der Waals surface area contributed by atoms with Crippen molar-refractivity contribution in [1.82, 2.24) is 4.90 Å². The van der Waals surface area contributed by atoms with Crippen LogP contribution >= 0.6 is 0 Å². The lowest BCUT2D eigenvalue weighted by atomic mass is 10.1. The zero-order chi connectivity index (χ0) is 32.1. The summed E-state index contributed by atoms with van der Waals surface area (Å²) in [5.74, 6) is -4.91. The number of carboxylic acids is 2. The van der Waals surface area contributed by atoms with Crippen LogP contribution in [0.2, 0.25) is 0 Å². The van der Waals surface area contributed by atoms with E-state index in [1.807, 2.05) is 4.90 Å². The van der Waals surface area contributed by atoms with Crippen molar-refractivity contribution in [1.29, 1.82) is 10.8 Å². The summed E-state index contributed by atoms with van der Waals surface area (Å²) in [7, 11) is 0. The monoisotopic (exact) mass is 608 g/mol. The van der Waals surface area contributed by atoms with Gasteiger partial charge in [0, 0.05) is 24.2 Å². The predicted octanol–water partition coefficient (Wildman–Crippen LogP) is 3.89. The van der Waals surface area contributed by atoms with Gasteiger partial charge in [0.25, 0.3) is 0 Å². The number of carboxylic acid groups (broad SMARTS) is 2. The number of aliphatic carboxylic acids is 2. The topological polar surface area (TPSA) is 187 Å². The number of benzene rings is 2. The van der Waals surface area contributed by atoms with Gasteiger partial charge in [-0.15, -0.1) is 0 Å². The highest BCUT2D eigenvalue weighted by molar-refractivity contribution is 5.98. The van der Waals surface area contributed by atoms with Crippen molar-refractivity contribution < 1.29 is 60.4 Å². The Hall–Kier alpha value is -4.83. The Labute approximate surface area is 234 Å². The number of nitrogens with two attached hydrogens (primary N) is 1. The number of likely N-dealkylation sites (tertiary alicyclic amines) is 1. The number of amidine groups is 2. The minimum atomic E-state index is -5.08. The van der Waals surface area contributed by atoms with Crippen LogP contribution in [-0.4, -0.2) is 83.3 Å². The number of hydrogen-bond donors (Lipinski definition) is 5. The van der Waals surface area contributed by atoms with Gasteiger partial charge in [-0.25, -0.2) is 14.4 Å². The normalized spacial score (nSPS) is 12.6. The van der Waals surface area contributed by atoms with Gasteiger partial charge in [0.15, 0.2) is 0 Å². The minimum Gasteiger partial charge on any atom is -0.490 e. The quantitative estimate of drug-likeness (QED) is 0.102. The van der Waals surface area contributed by atoms with E-state index in [4.69, 9.17) is 45.8 Å². The van der Waals surface area contributed by atoms with Crippen LogP contribution in [0.4, 0.5) is 26.3 Å². The molecule has 2 aromatic carbocycles. The average molecular weight is 608 g/mol. The summed E-state index contributed by atoms with van der Waals surface area (Å²) in [5.41, 5.74) is 7.27. The molecule has 3 rings (SSSR count). The van der Waals surface area contributed by atoms with Gasteiger partial charge in [0.05, 0.1) is 5.56 Å². The van der Waals surface area contributed by atoms with Crippen LogP contribution in [0, 0.1) is 10.8 Å². The van der Waals surface area contributed by atoms with Gasteiger partial charge < -0.3 is 30.3 Å². The number of nitrogens with zero attached hydrogens (tertiary/aromatic N) is 1. The van der Waals surface area contributed by atoms with Crippen LogP contribution in [0.5, 0.6) is 5.75 Å². The third-order valence-corrected chi connectivity index (χ3v) is 5.03. The molecule has 0 unspecified atom stereocenters. The lowest BCUT2D eigenvalue weighted by Crippen LogP contribution is -2.27. The first-order valence-electron chi connectivity index (χ1n) is 11.7. The van der Waals surface area contributed by atoms with Crippen LogP contribution in [0.15, 0.2) is 48.5 Å². The van der Waals surface area contributed by atoms with E-state index in [0.717, 1.165) is 31.5 Å². The molecular weight excluding hydrogens is 582 g/mol. The van der Waals surface area contributed by atoms with Crippen LogP contribution in [0.3, 0.4) is 0 Å². The second-order valence-corrected chi connectivity index (χ2v) is 8.15. The predicted molar refractivity (Wildman–Crippen MR) is 135 cm³/mol. The molecule has 1 saturated heterocycles. The van der Waals surface area contributed by atoms with E-state index in [1.165, 1.54) is 0 Å². The van der Waals surface area contributed by atoms with E-state index >= 15 is 0 Å². The Bertz CT molecular complexity index is 1220. The number of esters is 1. The Morgan fingerprint density at radius 3 is 1.74 bits per heavy atom. The van der Waals surface area contributed by atoms with Crippen LogP contribution < -0.4 is 10.5 Å². The van der Waals surface area contributed by atoms with Crippen molar-refractivity contribution >= 4 is 29.6 Å². The van der Waals surface area contributed by atoms with Crippen LogP contribution in [0.1, 0.15) is 34.3 Å². The van der Waals surface area contributed by atoms with Gasteiger partial charge in [-0.1, -0.05) is 24.3 Å². The smallest absolute Gasteiger partial charge is 0.490 e. The van der Waals surface area contributed by atoms with Gasteiger partial charge in [0.2, 0.25) is 0 Å². The largest absolute Gasteiger partial charge is 0.490 e. The van der Waals surface area contributed by atoms with Crippen molar-refractivity contribution in [3.8, 4) is 5.75 Å². The number of alkyl halides is 6. The number of hydrogen-bond acceptors (Lipinski definition) is 7. The number of carbonyl (C=O) groups excluding carboxylic acids is 1. The zero-order valence-electron chi connectivity index (χ0n) is 21.6. The molecule has 0 atom stereocenters. The molecule has 0 saturated carbocycles. The van der Waals surface area contributed by atoms with Gasteiger partial charge in [0.1, 0.15) is 30.6 Å². The molecule has 0 radical (unpaired) electrons. The third-order valence-electron chi connectivity index (χ3n) is 5.03. The van der Waals surface area contributed by atoms with Crippen molar-refractivity contribution in [2.24, 2.45) is 5.73 Å². The molecule has 42 heavy (non-hydrogen) atoms. The summed E-state index contributed by atoms with van der Waals surface area (Å²) < 4.78 is 74.2. The molecular formula is C25H26F6N4O7. The first kappa shape index (κ1) is 35.2. The third kappa shape index (κ3) is 12.6. The van der Waals surface area contributed by atoms with Crippen LogP contribution in [-0.2, 0) is 14.3 Å². The highest BCUT2D eigenvalue weighted by Gasteiger charge is 2.38. The molecule has 0 amide bonds. The molecule has 0 bridgehead atoms. The fourth-order valence-corrected chi connectivity index (χ4v) is 3.02. The fourth-order valence-electron chi connectivity index (χ4n) is 3.02. The summed E-state index contributed by atoms with van der Waals surface area (Å²) >= 11 is 0. The fraction of sp³-hybridized carbons (Fsp3) is 0.320. The molecule has 0 aromatic heterocycles. The van der Waals surface area contributed by atoms with Crippen molar-refractivity contribution in [2.75, 3.05) is 26.3 Å². The van der Waals surface area contributed by atoms with E-state index in [-0.39, 0.29) is 19.0 Å². The summed E-state index contributed by atoms with van der Waals surface area (Å²) in [5, 5.41) is 29.9. The lowest BCUT2D eigenvalue weighted by Gasteiger charge is -2.18. The van der Waals surface area contributed by atoms with E-state index < -0.39 is 30.3 Å². The number of nitrogen functional groups attached to an aromatic ring is 1. The number of halogens is 6. The highest BCUT2D eigenvalue weighted by atomic mass is 19.4. The minimum absolute atomic E-state index is 0.0295. The molecule has 6 N–H and O–H groups in total. The second kappa shape index (κ2) is 15.8. The molecule has 1 heterocycles. The van der Waals surface area contributed by atoms with Gasteiger partial charge in [-0.05, 0) is 37.1 Å². The molecule has 1 fully saturated rings. The Morgan fingerprint density at radius 2 is 1.29 bits per heavy atom. The maximum atomic E-state index is 12.2. The Morgan fingerprint density at radius 1 is 0.810 bits per heavy atom. The Balaban J connectivity index is 0.000000522. The van der Waals surface area contributed by atoms with E-state index in [1.54, 1.807) is 48.5 Å². The second-order valence-electron chi connectivity index (χ2n) is 8.15. The first-order chi connectivity index (χ1) is 19.4. The molecule has 1 aliphatic rings. The summed E-state index contributed by atoms with van der Waals surface area (Å²) in [6, 6.07) is 13.8. The molecule has 1 aliphatic heterocycles. The standard InChI is InChI=1S/C21H24N4O3.2C2HF3O2/c22-19(23)17-4-3-5-18(14-17)27-12-13-28-21(26)16-8-6-15(7-9-16)20(24)25-10-1-2-11-25;2*3-2(4,5)1(6)7/h3-9,14,24H,1-2,10-13H2,(H3,22,23);2*(H,6,7). The van der Waals surface area contributed by atoms with E-state index in [0.29, 0.717) is 22.7 Å². The summed E-state index contributed by atoms with van der Waals surface area (Å²) in [6.45, 7) is 2.13. The number of carbonyl (C=O) groups is 3. The molecule has 0 spiro atoms. The van der Waals surface area contributed by atoms with E-state index in [9.17, 15) is 31.1 Å². The SMILES string of the molecule is N=C(N)c1cccc(OCCOC(=O)c2ccc(C(=N)N3CCCC3)cc2)c1.O=C(O)C(F)(F)F.O=C(O)C(F)(F)F. The maximum Gasteiger partial charge on any atom is 0.490 e. The number of nitrogens with one attached hydrogen (secondary N) is 2. The number of ether oxygens (including phenoxy) is 2. The molecule has 17 heteroatoms. The van der Waals surface area contributed by atoms with E-state index in [2.05, 4.69) is 0 Å². The van der Waals surface area contributed by atoms with Crippen molar-refractivity contribution in [2.45, 2.75) is 25.2 Å². The van der Waals surface area contributed by atoms with Crippen LogP contribution in [0.25, 0.3) is 0 Å². The first-order valence-corrected chi connectivity index (χ1v) is 11.7. The van der Waals surface area contributed by atoms with Gasteiger partial charge in [-0.2, -0.15) is 26.3 Å². The lowest BCUT2D eigenvalue weighted by molar-refractivity contribution is -0.193. The van der Waals surface area contributed by atoms with Crippen molar-refractivity contribution in [3.05, 3.63) is 65.2 Å². The average Bonchev–Trinajstić information content (AvgIpc) is 3.46. The Kier molecular flexibility index (Phi) is 13.3. The number of rotatable bonds is 7. The van der Waals surface area contributed by atoms with Crippen molar-refractivity contribution in [3.63, 3.8) is 0 Å². The molecule has 0 aliphatic carbocycles. The van der Waals surface area contributed by atoms with Gasteiger partial charge >= 0.3 is 30.3 Å².